The van der Waals surface area contributed by atoms with Gasteiger partial charge in [0.25, 0.3) is 5.91 Å². The molecule has 1 N–H and O–H groups in total. The third-order valence-electron chi connectivity index (χ3n) is 7.02. The molecule has 4 rings (SSSR count). The molecule has 204 valence electrons. The van der Waals surface area contributed by atoms with E-state index in [-0.39, 0.29) is 18.4 Å². The largest absolute Gasteiger partial charge is 0.494 e. The predicted octanol–water partition coefficient (Wildman–Crippen LogP) is 5.80. The fourth-order valence-corrected chi connectivity index (χ4v) is 4.65. The monoisotopic (exact) mass is 549 g/mol. The Morgan fingerprint density at radius 1 is 1.10 bits per heavy atom. The maximum absolute atomic E-state index is 13.7. The molecule has 0 radical (unpaired) electrons. The Hall–Kier alpha value is -3.91. The van der Waals surface area contributed by atoms with Crippen molar-refractivity contribution in [2.45, 2.75) is 39.5 Å². The molecule has 2 amide bonds. The number of likely N-dealkylation sites (N-methyl/N-ethyl adjacent to an activating group) is 1. The minimum absolute atomic E-state index is 0.0700. The number of hydrogen-bond acceptors (Lipinski definition) is 5. The number of nitrogens with zero attached hydrogens (tertiary/aromatic N) is 3. The number of halogens is 1. The van der Waals surface area contributed by atoms with E-state index in [0.717, 1.165) is 5.69 Å². The summed E-state index contributed by atoms with van der Waals surface area (Å²) < 4.78 is 5.70. The predicted molar refractivity (Wildman–Crippen MR) is 151 cm³/mol. The van der Waals surface area contributed by atoms with Gasteiger partial charge in [-0.05, 0) is 94.3 Å². The van der Waals surface area contributed by atoms with Gasteiger partial charge < -0.3 is 19.6 Å². The quantitative estimate of drug-likeness (QED) is 0.362. The van der Waals surface area contributed by atoms with Crippen molar-refractivity contribution in [1.82, 2.24) is 4.98 Å². The lowest BCUT2D eigenvalue weighted by atomic mass is 9.90. The summed E-state index contributed by atoms with van der Waals surface area (Å²) >= 11 is 6.03. The second-order valence-electron chi connectivity index (χ2n) is 10.1. The number of carboxylic acid groups (broad SMARTS) is 1. The van der Waals surface area contributed by atoms with Crippen LogP contribution in [0.2, 0.25) is 5.02 Å². The molecular weight excluding hydrogens is 518 g/mol. The van der Waals surface area contributed by atoms with E-state index in [9.17, 15) is 19.5 Å². The van der Waals surface area contributed by atoms with E-state index < -0.39 is 17.3 Å². The van der Waals surface area contributed by atoms with Crippen LogP contribution in [-0.2, 0) is 9.59 Å². The highest BCUT2D eigenvalue weighted by Crippen LogP contribution is 2.36. The Kier molecular flexibility index (Phi) is 8.55. The van der Waals surface area contributed by atoms with E-state index in [2.05, 4.69) is 4.98 Å². The number of aromatic nitrogens is 1. The van der Waals surface area contributed by atoms with Crippen molar-refractivity contribution in [2.24, 2.45) is 5.41 Å². The Labute approximate surface area is 233 Å². The first-order valence-electron chi connectivity index (χ1n) is 12.9. The van der Waals surface area contributed by atoms with Crippen molar-refractivity contribution in [3.05, 3.63) is 83.1 Å². The highest BCUT2D eigenvalue weighted by atomic mass is 35.5. The van der Waals surface area contributed by atoms with Crippen LogP contribution in [0.5, 0.6) is 5.75 Å². The van der Waals surface area contributed by atoms with E-state index >= 15 is 0 Å². The zero-order valence-corrected chi connectivity index (χ0v) is 23.0. The van der Waals surface area contributed by atoms with Gasteiger partial charge in [0.1, 0.15) is 5.75 Å². The zero-order chi connectivity index (χ0) is 28.2. The molecule has 1 aliphatic rings. The van der Waals surface area contributed by atoms with Crippen LogP contribution in [0.4, 0.5) is 11.4 Å². The van der Waals surface area contributed by atoms with E-state index in [0.29, 0.717) is 53.6 Å². The van der Waals surface area contributed by atoms with Crippen molar-refractivity contribution in [3.8, 4) is 5.75 Å². The first-order chi connectivity index (χ1) is 18.6. The number of hydrogen-bond donors (Lipinski definition) is 1. The topological polar surface area (TPSA) is 100 Å². The van der Waals surface area contributed by atoms with Gasteiger partial charge in [0.15, 0.2) is 0 Å². The SMILES string of the molecule is CCN(C(=O)[C@H]1CCN(C(=O)c2ccc(OCCC(C)(C)C(=O)O)cc2)c2cccnc21)c1ccc(Cl)cc1. The number of aliphatic carboxylic acids is 1. The summed E-state index contributed by atoms with van der Waals surface area (Å²) in [6.45, 7) is 6.34. The standard InChI is InChI=1S/C30H32ClN3O5/c1-4-33(22-11-9-21(31)10-12-22)28(36)24-15-18-34(25-6-5-17-32-26(24)25)27(35)20-7-13-23(14-8-20)39-19-16-30(2,3)29(37)38/h5-14,17,24H,4,15-16,18-19H2,1-3H3,(H,37,38)/t24-/m0/s1. The van der Waals surface area contributed by atoms with E-state index in [1.54, 1.807) is 72.3 Å². The first-order valence-corrected chi connectivity index (χ1v) is 13.3. The lowest BCUT2D eigenvalue weighted by molar-refractivity contribution is -0.147. The summed E-state index contributed by atoms with van der Waals surface area (Å²) in [6, 6.07) is 17.5. The molecule has 8 nitrogen and oxygen atoms in total. The van der Waals surface area contributed by atoms with Crippen LogP contribution in [0.1, 0.15) is 55.6 Å². The zero-order valence-electron chi connectivity index (χ0n) is 22.3. The molecule has 2 aromatic carbocycles. The lowest BCUT2D eigenvalue weighted by Crippen LogP contribution is -2.42. The molecule has 0 unspecified atom stereocenters. The molecule has 1 atom stereocenters. The fraction of sp³-hybridized carbons (Fsp3) is 0.333. The van der Waals surface area contributed by atoms with E-state index in [1.807, 2.05) is 25.1 Å². The molecule has 1 aromatic heterocycles. The molecule has 9 heteroatoms. The van der Waals surface area contributed by atoms with Gasteiger partial charge in [-0.15, -0.1) is 0 Å². The summed E-state index contributed by atoms with van der Waals surface area (Å²) in [4.78, 5) is 46.3. The summed E-state index contributed by atoms with van der Waals surface area (Å²) in [5.74, 6) is -1.06. The molecule has 0 fully saturated rings. The second kappa shape index (κ2) is 11.9. The Bertz CT molecular complexity index is 1340. The average Bonchev–Trinajstić information content (AvgIpc) is 2.93. The van der Waals surface area contributed by atoms with E-state index in [4.69, 9.17) is 16.3 Å². The van der Waals surface area contributed by atoms with Crippen molar-refractivity contribution in [2.75, 3.05) is 29.5 Å². The van der Waals surface area contributed by atoms with Gasteiger partial charge in [-0.2, -0.15) is 0 Å². The summed E-state index contributed by atoms with van der Waals surface area (Å²) in [5, 5.41) is 9.85. The van der Waals surface area contributed by atoms with Crippen molar-refractivity contribution < 1.29 is 24.2 Å². The Morgan fingerprint density at radius 3 is 2.44 bits per heavy atom. The molecule has 2 heterocycles. The number of ether oxygens (including phenoxy) is 1. The third kappa shape index (κ3) is 6.23. The molecule has 39 heavy (non-hydrogen) atoms. The molecule has 0 saturated heterocycles. The number of benzene rings is 2. The van der Waals surface area contributed by atoms with E-state index in [1.165, 1.54) is 0 Å². The molecule has 3 aromatic rings. The van der Waals surface area contributed by atoms with Gasteiger partial charge in [0.2, 0.25) is 5.91 Å². The van der Waals surface area contributed by atoms with Gasteiger partial charge >= 0.3 is 5.97 Å². The highest BCUT2D eigenvalue weighted by Gasteiger charge is 2.36. The maximum Gasteiger partial charge on any atom is 0.309 e. The number of carboxylic acids is 1. The summed E-state index contributed by atoms with van der Waals surface area (Å²) in [6.07, 6.45) is 2.44. The number of anilines is 2. The minimum Gasteiger partial charge on any atom is -0.494 e. The summed E-state index contributed by atoms with van der Waals surface area (Å²) in [5.41, 5.74) is 1.56. The third-order valence-corrected chi connectivity index (χ3v) is 7.27. The lowest BCUT2D eigenvalue weighted by Gasteiger charge is -2.35. The molecule has 0 saturated carbocycles. The van der Waals surface area contributed by atoms with Crippen molar-refractivity contribution >= 4 is 40.8 Å². The van der Waals surface area contributed by atoms with Crippen LogP contribution in [0.25, 0.3) is 0 Å². The van der Waals surface area contributed by atoms with Crippen molar-refractivity contribution in [3.63, 3.8) is 0 Å². The first kappa shape index (κ1) is 28.1. The average molecular weight is 550 g/mol. The molecule has 0 spiro atoms. The number of pyridine rings is 1. The minimum atomic E-state index is -0.881. The van der Waals surface area contributed by atoms with Crippen LogP contribution < -0.4 is 14.5 Å². The van der Waals surface area contributed by atoms with Gasteiger partial charge in [0, 0.05) is 35.6 Å². The number of amides is 2. The van der Waals surface area contributed by atoms with Crippen LogP contribution in [-0.4, -0.2) is 47.6 Å². The van der Waals surface area contributed by atoms with Crippen molar-refractivity contribution in [1.29, 1.82) is 0 Å². The number of carbonyl (C=O) groups excluding carboxylic acids is 2. The number of fused-ring (bicyclic) bond motifs is 1. The Balaban J connectivity index is 1.49. The number of carbonyl (C=O) groups is 3. The smallest absolute Gasteiger partial charge is 0.309 e. The van der Waals surface area contributed by atoms with Gasteiger partial charge in [-0.25, -0.2) is 0 Å². The van der Waals surface area contributed by atoms with Crippen LogP contribution in [0, 0.1) is 5.41 Å². The van der Waals surface area contributed by atoms with Gasteiger partial charge in [0.05, 0.1) is 29.3 Å². The Morgan fingerprint density at radius 2 is 1.79 bits per heavy atom. The fourth-order valence-electron chi connectivity index (χ4n) is 4.53. The van der Waals surface area contributed by atoms with Gasteiger partial charge in [-0.3, -0.25) is 19.4 Å². The maximum atomic E-state index is 13.7. The highest BCUT2D eigenvalue weighted by molar-refractivity contribution is 6.30. The molecule has 0 bridgehead atoms. The van der Waals surface area contributed by atoms with Crippen LogP contribution in [0.3, 0.4) is 0 Å². The number of rotatable bonds is 9. The second-order valence-corrected chi connectivity index (χ2v) is 10.5. The molecule has 0 aliphatic carbocycles. The van der Waals surface area contributed by atoms with Crippen LogP contribution >= 0.6 is 11.6 Å². The normalized spacial score (nSPS) is 14.9. The summed E-state index contributed by atoms with van der Waals surface area (Å²) in [7, 11) is 0. The van der Waals surface area contributed by atoms with Crippen LogP contribution in [0.15, 0.2) is 66.9 Å². The van der Waals surface area contributed by atoms with Gasteiger partial charge in [-0.1, -0.05) is 11.6 Å². The molecular formula is C30H32ClN3O5. The molecule has 1 aliphatic heterocycles.